The molecule has 0 spiro atoms. The maximum absolute atomic E-state index is 12.3. The molecule has 2 N–H and O–H groups in total. The van der Waals surface area contributed by atoms with Crippen LogP contribution in [0.5, 0.6) is 5.75 Å². The quantitative estimate of drug-likeness (QED) is 0.360. The highest BCUT2D eigenvalue weighted by molar-refractivity contribution is 5.90. The van der Waals surface area contributed by atoms with Crippen LogP contribution in [0.25, 0.3) is 0 Å². The molecule has 0 radical (unpaired) electrons. The zero-order valence-corrected chi connectivity index (χ0v) is 18.6. The van der Waals surface area contributed by atoms with E-state index in [1.165, 1.54) is 10.9 Å². The molecule has 2 aromatic heterocycles. The molecule has 0 unspecified atom stereocenters. The van der Waals surface area contributed by atoms with Crippen molar-refractivity contribution in [3.8, 4) is 5.75 Å². The van der Waals surface area contributed by atoms with Crippen molar-refractivity contribution < 1.29 is 14.3 Å². The van der Waals surface area contributed by atoms with Gasteiger partial charge in [-0.25, -0.2) is 0 Å². The second-order valence-corrected chi connectivity index (χ2v) is 7.69. The Morgan fingerprint density at radius 2 is 1.56 bits per heavy atom. The van der Waals surface area contributed by atoms with E-state index in [0.717, 1.165) is 16.9 Å². The number of para-hydroxylation sites is 1. The van der Waals surface area contributed by atoms with Crippen molar-refractivity contribution in [1.29, 1.82) is 0 Å². The van der Waals surface area contributed by atoms with E-state index in [-0.39, 0.29) is 31.4 Å². The topological polar surface area (TPSA) is 103 Å². The molecule has 2 heterocycles. The number of anilines is 1. The van der Waals surface area contributed by atoms with Gasteiger partial charge >= 0.3 is 0 Å². The first-order valence-corrected chi connectivity index (χ1v) is 11.0. The normalized spacial score (nSPS) is 10.6. The van der Waals surface area contributed by atoms with E-state index in [1.54, 1.807) is 12.4 Å². The summed E-state index contributed by atoms with van der Waals surface area (Å²) in [5.41, 5.74) is 2.60. The van der Waals surface area contributed by atoms with Gasteiger partial charge in [0.2, 0.25) is 11.8 Å². The number of carbonyl (C=O) groups is 2. The van der Waals surface area contributed by atoms with Gasteiger partial charge in [-0.1, -0.05) is 48.5 Å². The van der Waals surface area contributed by atoms with E-state index >= 15 is 0 Å². The third kappa shape index (κ3) is 7.06. The summed E-state index contributed by atoms with van der Waals surface area (Å²) in [6.45, 7) is 1.37. The maximum Gasteiger partial charge on any atom is 0.242 e. The number of nitrogens with zero attached hydrogens (tertiary/aromatic N) is 4. The summed E-state index contributed by atoms with van der Waals surface area (Å²) in [6, 6.07) is 19.4. The van der Waals surface area contributed by atoms with Crippen LogP contribution in [0.15, 0.2) is 85.5 Å². The predicted octanol–water partition coefficient (Wildman–Crippen LogP) is 2.85. The van der Waals surface area contributed by atoms with Crippen LogP contribution in [0.4, 0.5) is 5.69 Å². The summed E-state index contributed by atoms with van der Waals surface area (Å²) in [6.07, 6.45) is 6.99. The fourth-order valence-electron chi connectivity index (χ4n) is 3.27. The summed E-state index contributed by atoms with van der Waals surface area (Å²) in [5, 5.41) is 14.1. The molecule has 174 valence electrons. The molecule has 0 aliphatic heterocycles. The number of amides is 2. The highest BCUT2D eigenvalue weighted by Gasteiger charge is 2.09. The fourth-order valence-corrected chi connectivity index (χ4v) is 3.27. The van der Waals surface area contributed by atoms with Crippen LogP contribution in [0, 0.1) is 0 Å². The van der Waals surface area contributed by atoms with Crippen molar-refractivity contribution in [3.63, 3.8) is 0 Å². The molecule has 2 amide bonds. The van der Waals surface area contributed by atoms with Crippen LogP contribution in [0.2, 0.25) is 0 Å². The molecule has 4 rings (SSSR count). The summed E-state index contributed by atoms with van der Waals surface area (Å²) in [7, 11) is 0. The van der Waals surface area contributed by atoms with Gasteiger partial charge in [0.15, 0.2) is 0 Å². The molecule has 4 aromatic rings. The SMILES string of the molecule is O=C(Cn1cc(NC(=O)CCOc2ccccc2)cn1)NCc1cnn(Cc2ccccc2)c1. The first-order valence-electron chi connectivity index (χ1n) is 11.0. The van der Waals surface area contributed by atoms with Gasteiger partial charge in [0, 0.05) is 24.5 Å². The third-order valence-corrected chi connectivity index (χ3v) is 4.93. The van der Waals surface area contributed by atoms with E-state index in [2.05, 4.69) is 20.8 Å². The molecular formula is C25H26N6O3. The number of hydrogen-bond donors (Lipinski definition) is 2. The van der Waals surface area contributed by atoms with E-state index in [1.807, 2.05) is 71.5 Å². The number of nitrogens with one attached hydrogen (secondary N) is 2. The Morgan fingerprint density at radius 3 is 2.35 bits per heavy atom. The molecule has 0 bridgehead atoms. The van der Waals surface area contributed by atoms with Crippen molar-refractivity contribution in [3.05, 3.63) is 96.6 Å². The van der Waals surface area contributed by atoms with Crippen LogP contribution in [0.1, 0.15) is 17.5 Å². The Morgan fingerprint density at radius 1 is 0.824 bits per heavy atom. The monoisotopic (exact) mass is 458 g/mol. The highest BCUT2D eigenvalue weighted by atomic mass is 16.5. The predicted molar refractivity (Wildman–Crippen MR) is 127 cm³/mol. The van der Waals surface area contributed by atoms with Gasteiger partial charge in [0.05, 0.1) is 37.7 Å². The number of carbonyl (C=O) groups excluding carboxylic acids is 2. The van der Waals surface area contributed by atoms with E-state index in [0.29, 0.717) is 18.8 Å². The standard InChI is InChI=1S/C25H26N6O3/c32-24(11-12-34-23-9-5-2-6-10-23)29-22-15-28-31(18-22)19-25(33)26-13-21-14-27-30(17-21)16-20-7-3-1-4-8-20/h1-10,14-15,17-18H,11-13,16,19H2,(H,26,33)(H,29,32). The summed E-state index contributed by atoms with van der Waals surface area (Å²) < 4.78 is 8.84. The fraction of sp³-hybridized carbons (Fsp3) is 0.200. The number of benzene rings is 2. The largest absolute Gasteiger partial charge is 0.493 e. The Balaban J connectivity index is 1.16. The van der Waals surface area contributed by atoms with Crippen LogP contribution >= 0.6 is 0 Å². The number of hydrogen-bond acceptors (Lipinski definition) is 5. The van der Waals surface area contributed by atoms with Gasteiger partial charge in [-0.3, -0.25) is 19.0 Å². The smallest absolute Gasteiger partial charge is 0.242 e. The zero-order valence-electron chi connectivity index (χ0n) is 18.6. The Kier molecular flexibility index (Phi) is 7.68. The molecular weight excluding hydrogens is 432 g/mol. The molecule has 0 aliphatic rings. The lowest BCUT2D eigenvalue weighted by Gasteiger charge is -2.06. The van der Waals surface area contributed by atoms with Gasteiger partial charge in [0.1, 0.15) is 12.3 Å². The van der Waals surface area contributed by atoms with E-state index in [9.17, 15) is 9.59 Å². The average molecular weight is 459 g/mol. The van der Waals surface area contributed by atoms with Crippen LogP contribution in [-0.4, -0.2) is 38.0 Å². The minimum absolute atomic E-state index is 0.0468. The van der Waals surface area contributed by atoms with Crippen molar-refractivity contribution in [2.75, 3.05) is 11.9 Å². The number of rotatable bonds is 11. The summed E-state index contributed by atoms with van der Waals surface area (Å²) in [5.74, 6) is 0.346. The summed E-state index contributed by atoms with van der Waals surface area (Å²) in [4.78, 5) is 24.4. The number of aromatic nitrogens is 4. The molecule has 0 atom stereocenters. The first-order chi connectivity index (χ1) is 16.6. The van der Waals surface area contributed by atoms with Gasteiger partial charge in [-0.05, 0) is 17.7 Å². The van der Waals surface area contributed by atoms with Crippen molar-refractivity contribution >= 4 is 17.5 Å². The molecule has 9 heteroatoms. The first kappa shape index (κ1) is 22.8. The molecule has 0 fully saturated rings. The van der Waals surface area contributed by atoms with Crippen molar-refractivity contribution in [2.45, 2.75) is 26.1 Å². The maximum atomic E-state index is 12.3. The van der Waals surface area contributed by atoms with Gasteiger partial charge < -0.3 is 15.4 Å². The Hall–Kier alpha value is -4.40. The molecule has 9 nitrogen and oxygen atoms in total. The second-order valence-electron chi connectivity index (χ2n) is 7.69. The second kappa shape index (κ2) is 11.5. The Labute approximate surface area is 197 Å². The van der Waals surface area contributed by atoms with Crippen LogP contribution in [0.3, 0.4) is 0 Å². The highest BCUT2D eigenvalue weighted by Crippen LogP contribution is 2.10. The lowest BCUT2D eigenvalue weighted by molar-refractivity contribution is -0.122. The minimum atomic E-state index is -0.188. The molecule has 0 aliphatic carbocycles. The van der Waals surface area contributed by atoms with E-state index in [4.69, 9.17) is 4.74 Å². The molecule has 0 saturated carbocycles. The van der Waals surface area contributed by atoms with Gasteiger partial charge in [-0.15, -0.1) is 0 Å². The third-order valence-electron chi connectivity index (χ3n) is 4.93. The van der Waals surface area contributed by atoms with Gasteiger partial charge in [-0.2, -0.15) is 10.2 Å². The summed E-state index contributed by atoms with van der Waals surface area (Å²) >= 11 is 0. The van der Waals surface area contributed by atoms with Crippen molar-refractivity contribution in [2.24, 2.45) is 0 Å². The minimum Gasteiger partial charge on any atom is -0.493 e. The zero-order chi connectivity index (χ0) is 23.6. The van der Waals surface area contributed by atoms with Gasteiger partial charge in [0.25, 0.3) is 0 Å². The lowest BCUT2D eigenvalue weighted by Crippen LogP contribution is -2.27. The van der Waals surface area contributed by atoms with Crippen molar-refractivity contribution in [1.82, 2.24) is 24.9 Å². The number of ether oxygens (including phenoxy) is 1. The average Bonchev–Trinajstić information content (AvgIpc) is 3.48. The van der Waals surface area contributed by atoms with Crippen LogP contribution in [-0.2, 0) is 29.2 Å². The molecule has 34 heavy (non-hydrogen) atoms. The van der Waals surface area contributed by atoms with Crippen LogP contribution < -0.4 is 15.4 Å². The lowest BCUT2D eigenvalue weighted by atomic mass is 10.2. The Bertz CT molecular complexity index is 1200. The van der Waals surface area contributed by atoms with E-state index < -0.39 is 0 Å². The molecule has 2 aromatic carbocycles. The molecule has 0 saturated heterocycles.